The number of nitriles is 1. The summed E-state index contributed by atoms with van der Waals surface area (Å²) < 4.78 is 0. The van der Waals surface area contributed by atoms with Gasteiger partial charge in [0.1, 0.15) is 11.6 Å². The Hall–Kier alpha value is -3.59. The molecule has 0 fully saturated rings. The number of hydrogen-bond acceptors (Lipinski definition) is 4. The van der Waals surface area contributed by atoms with Gasteiger partial charge in [0.2, 0.25) is 5.91 Å². The number of carbonyl (C=O) groups excluding carboxylic acids is 2. The molecule has 0 spiro atoms. The Morgan fingerprint density at radius 3 is 2.15 bits per heavy atom. The van der Waals surface area contributed by atoms with E-state index in [1.54, 1.807) is 24.3 Å². The molecule has 0 atom stereocenters. The standard InChI is InChI=1S/C20H20N4O2/c1-13-4-9-19(14(2)10-13)22-12-16(11-21)20(26)24-18-7-5-17(6-8-18)23-15(3)25/h4-10,12,22H,1-3H3,(H,23,25)(H,24,26)/b16-12-. The molecule has 0 aliphatic heterocycles. The fraction of sp³-hybridized carbons (Fsp3) is 0.150. The van der Waals surface area contributed by atoms with Crippen LogP contribution in [0.5, 0.6) is 0 Å². The van der Waals surface area contributed by atoms with Gasteiger partial charge in [0.15, 0.2) is 0 Å². The second-order valence-corrected chi connectivity index (χ2v) is 5.85. The first-order chi connectivity index (χ1) is 12.4. The lowest BCUT2D eigenvalue weighted by Crippen LogP contribution is -2.14. The van der Waals surface area contributed by atoms with Gasteiger partial charge in [-0.05, 0) is 49.7 Å². The van der Waals surface area contributed by atoms with Crippen molar-refractivity contribution in [1.82, 2.24) is 0 Å². The molecule has 26 heavy (non-hydrogen) atoms. The fourth-order valence-electron chi connectivity index (χ4n) is 2.31. The van der Waals surface area contributed by atoms with Gasteiger partial charge in [-0.3, -0.25) is 9.59 Å². The molecule has 0 aliphatic rings. The third-order valence-corrected chi connectivity index (χ3v) is 3.58. The lowest BCUT2D eigenvalue weighted by atomic mass is 10.1. The Kier molecular flexibility index (Phi) is 6.12. The van der Waals surface area contributed by atoms with Crippen LogP contribution in [0, 0.1) is 25.2 Å². The van der Waals surface area contributed by atoms with Crippen molar-refractivity contribution in [3.05, 3.63) is 65.4 Å². The molecule has 2 aromatic rings. The minimum atomic E-state index is -0.517. The minimum Gasteiger partial charge on any atom is -0.360 e. The van der Waals surface area contributed by atoms with Gasteiger partial charge in [0.05, 0.1) is 0 Å². The Labute approximate surface area is 152 Å². The summed E-state index contributed by atoms with van der Waals surface area (Å²) in [6.07, 6.45) is 1.39. The number of amides is 2. The van der Waals surface area contributed by atoms with Crippen molar-refractivity contribution in [3.8, 4) is 6.07 Å². The first-order valence-corrected chi connectivity index (χ1v) is 8.02. The molecule has 0 saturated carbocycles. The zero-order valence-corrected chi connectivity index (χ0v) is 14.9. The van der Waals surface area contributed by atoms with Gasteiger partial charge in [-0.15, -0.1) is 0 Å². The van der Waals surface area contributed by atoms with Crippen LogP contribution in [0.15, 0.2) is 54.2 Å². The second-order valence-electron chi connectivity index (χ2n) is 5.85. The Morgan fingerprint density at radius 2 is 1.62 bits per heavy atom. The first-order valence-electron chi connectivity index (χ1n) is 8.02. The zero-order valence-electron chi connectivity index (χ0n) is 14.9. The number of hydrogen-bond donors (Lipinski definition) is 3. The summed E-state index contributed by atoms with van der Waals surface area (Å²) in [4.78, 5) is 23.3. The monoisotopic (exact) mass is 348 g/mol. The molecule has 132 valence electrons. The summed E-state index contributed by atoms with van der Waals surface area (Å²) in [5.41, 5.74) is 4.09. The molecule has 2 aromatic carbocycles. The van der Waals surface area contributed by atoms with E-state index in [-0.39, 0.29) is 11.5 Å². The lowest BCUT2D eigenvalue weighted by molar-refractivity contribution is -0.114. The third kappa shape index (κ3) is 5.21. The largest absolute Gasteiger partial charge is 0.360 e. The van der Waals surface area contributed by atoms with Crippen molar-refractivity contribution in [2.75, 3.05) is 16.0 Å². The van der Waals surface area contributed by atoms with Crippen LogP contribution in [0.4, 0.5) is 17.1 Å². The third-order valence-electron chi connectivity index (χ3n) is 3.58. The first kappa shape index (κ1) is 18.7. The molecule has 2 rings (SSSR count). The van der Waals surface area contributed by atoms with Crippen LogP contribution in [0.25, 0.3) is 0 Å². The highest BCUT2D eigenvalue weighted by molar-refractivity contribution is 6.06. The molecule has 0 aliphatic carbocycles. The topological polar surface area (TPSA) is 94.0 Å². The van der Waals surface area contributed by atoms with Gasteiger partial charge in [-0.1, -0.05) is 17.7 Å². The van der Waals surface area contributed by atoms with Gasteiger partial charge in [0.25, 0.3) is 5.91 Å². The molecule has 0 radical (unpaired) electrons. The van der Waals surface area contributed by atoms with E-state index in [2.05, 4.69) is 16.0 Å². The van der Waals surface area contributed by atoms with E-state index >= 15 is 0 Å². The van der Waals surface area contributed by atoms with Crippen LogP contribution in [0.2, 0.25) is 0 Å². The number of anilines is 3. The number of carbonyl (C=O) groups is 2. The van der Waals surface area contributed by atoms with Crippen LogP contribution in [0.1, 0.15) is 18.1 Å². The number of nitrogens with zero attached hydrogens (tertiary/aromatic N) is 1. The van der Waals surface area contributed by atoms with Crippen molar-refractivity contribution in [1.29, 1.82) is 5.26 Å². The van der Waals surface area contributed by atoms with E-state index in [1.165, 1.54) is 13.1 Å². The number of aryl methyl sites for hydroxylation is 2. The van der Waals surface area contributed by atoms with E-state index in [0.717, 1.165) is 16.8 Å². The maximum Gasteiger partial charge on any atom is 0.267 e. The summed E-state index contributed by atoms with van der Waals surface area (Å²) in [5, 5.41) is 17.5. The predicted octanol–water partition coefficient (Wildman–Crippen LogP) is 3.72. The van der Waals surface area contributed by atoms with Crippen molar-refractivity contribution < 1.29 is 9.59 Å². The maximum absolute atomic E-state index is 12.3. The molecular weight excluding hydrogens is 328 g/mol. The number of rotatable bonds is 5. The summed E-state index contributed by atoms with van der Waals surface area (Å²) in [5.74, 6) is -0.689. The molecule has 0 bridgehead atoms. The summed E-state index contributed by atoms with van der Waals surface area (Å²) >= 11 is 0. The van der Waals surface area contributed by atoms with E-state index in [4.69, 9.17) is 0 Å². The van der Waals surface area contributed by atoms with Crippen molar-refractivity contribution >= 4 is 28.9 Å². The van der Waals surface area contributed by atoms with Crippen molar-refractivity contribution in [2.45, 2.75) is 20.8 Å². The molecule has 0 saturated heterocycles. The van der Waals surface area contributed by atoms with E-state index in [9.17, 15) is 14.9 Å². The lowest BCUT2D eigenvalue weighted by Gasteiger charge is -2.08. The van der Waals surface area contributed by atoms with E-state index in [0.29, 0.717) is 11.4 Å². The Balaban J connectivity index is 2.06. The van der Waals surface area contributed by atoms with Crippen LogP contribution in [0.3, 0.4) is 0 Å². The highest BCUT2D eigenvalue weighted by Crippen LogP contribution is 2.17. The molecule has 3 N–H and O–H groups in total. The number of nitrogens with one attached hydrogen (secondary N) is 3. The highest BCUT2D eigenvalue weighted by atomic mass is 16.2. The normalized spacial score (nSPS) is 10.6. The predicted molar refractivity (Wildman–Crippen MR) is 103 cm³/mol. The van der Waals surface area contributed by atoms with Crippen molar-refractivity contribution in [3.63, 3.8) is 0 Å². The zero-order chi connectivity index (χ0) is 19.1. The average Bonchev–Trinajstić information content (AvgIpc) is 2.58. The van der Waals surface area contributed by atoms with E-state index in [1.807, 2.05) is 38.1 Å². The van der Waals surface area contributed by atoms with Gasteiger partial charge >= 0.3 is 0 Å². The smallest absolute Gasteiger partial charge is 0.267 e. The summed E-state index contributed by atoms with van der Waals surface area (Å²) in [6.45, 7) is 5.37. The van der Waals surface area contributed by atoms with Crippen LogP contribution < -0.4 is 16.0 Å². The average molecular weight is 348 g/mol. The highest BCUT2D eigenvalue weighted by Gasteiger charge is 2.09. The molecular formula is C20H20N4O2. The van der Waals surface area contributed by atoms with Gasteiger partial charge in [-0.25, -0.2) is 0 Å². The molecule has 6 heteroatoms. The Morgan fingerprint density at radius 1 is 1.00 bits per heavy atom. The van der Waals surface area contributed by atoms with Gasteiger partial charge in [-0.2, -0.15) is 5.26 Å². The molecule has 0 aromatic heterocycles. The molecule has 0 unspecified atom stereocenters. The molecule has 2 amide bonds. The second kappa shape index (κ2) is 8.49. The quantitative estimate of drug-likeness (QED) is 0.567. The van der Waals surface area contributed by atoms with E-state index < -0.39 is 5.91 Å². The molecule has 6 nitrogen and oxygen atoms in total. The van der Waals surface area contributed by atoms with Crippen LogP contribution in [-0.2, 0) is 9.59 Å². The molecule has 0 heterocycles. The maximum atomic E-state index is 12.3. The summed E-state index contributed by atoms with van der Waals surface area (Å²) in [7, 11) is 0. The van der Waals surface area contributed by atoms with Crippen LogP contribution in [-0.4, -0.2) is 11.8 Å². The SMILES string of the molecule is CC(=O)Nc1ccc(NC(=O)/C(C#N)=C\Nc2ccc(C)cc2C)cc1. The summed E-state index contributed by atoms with van der Waals surface area (Å²) in [6, 6.07) is 14.4. The van der Waals surface area contributed by atoms with Crippen LogP contribution >= 0.6 is 0 Å². The van der Waals surface area contributed by atoms with Gasteiger partial charge in [0, 0.05) is 30.2 Å². The fourth-order valence-corrected chi connectivity index (χ4v) is 2.31. The van der Waals surface area contributed by atoms with Gasteiger partial charge < -0.3 is 16.0 Å². The minimum absolute atomic E-state index is 0.0455. The Bertz CT molecular complexity index is 893. The number of benzene rings is 2. The van der Waals surface area contributed by atoms with Crippen molar-refractivity contribution in [2.24, 2.45) is 0 Å².